The number of rotatable bonds is 8. The van der Waals surface area contributed by atoms with Crippen LogP contribution in [0.2, 0.25) is 0 Å². The second-order valence-electron chi connectivity index (χ2n) is 6.44. The van der Waals surface area contributed by atoms with Crippen molar-refractivity contribution in [3.8, 4) is 5.75 Å². The highest BCUT2D eigenvalue weighted by Crippen LogP contribution is 2.17. The predicted molar refractivity (Wildman–Crippen MR) is 112 cm³/mol. The Morgan fingerprint density at radius 2 is 1.48 bits per heavy atom. The molecule has 1 amide bonds. The lowest BCUT2D eigenvalue weighted by Gasteiger charge is -2.15. The highest BCUT2D eigenvalue weighted by atomic mass is 32.2. The Hall–Kier alpha value is -3.16. The van der Waals surface area contributed by atoms with Gasteiger partial charge in [0.15, 0.2) is 0 Å². The largest absolute Gasteiger partial charge is 0.489 e. The molecule has 3 aromatic rings. The van der Waals surface area contributed by atoms with Gasteiger partial charge in [-0.1, -0.05) is 48.5 Å². The maximum absolute atomic E-state index is 12.3. The molecule has 0 aliphatic carbocycles. The Bertz CT molecular complexity index is 1040. The van der Waals surface area contributed by atoms with E-state index >= 15 is 0 Å². The minimum Gasteiger partial charge on any atom is -0.489 e. The first-order chi connectivity index (χ1) is 13.9. The van der Waals surface area contributed by atoms with E-state index in [4.69, 9.17) is 4.74 Å². The Labute approximate surface area is 170 Å². The van der Waals surface area contributed by atoms with Crippen molar-refractivity contribution in [3.63, 3.8) is 0 Å². The number of hydrogen-bond acceptors (Lipinski definition) is 4. The summed E-state index contributed by atoms with van der Waals surface area (Å²) in [7, 11) is -3.77. The molecule has 0 spiro atoms. The molecular weight excluding hydrogens is 388 g/mol. The molecular formula is C22H22N2O4S. The summed E-state index contributed by atoms with van der Waals surface area (Å²) in [5.41, 5.74) is 1.61. The van der Waals surface area contributed by atoms with E-state index in [1.807, 2.05) is 30.3 Å². The molecule has 7 heteroatoms. The molecule has 0 bridgehead atoms. The van der Waals surface area contributed by atoms with Gasteiger partial charge >= 0.3 is 0 Å². The lowest BCUT2D eigenvalue weighted by atomic mass is 10.2. The number of anilines is 1. The van der Waals surface area contributed by atoms with Crippen LogP contribution in [-0.4, -0.2) is 20.4 Å². The van der Waals surface area contributed by atoms with Crippen molar-refractivity contribution in [2.24, 2.45) is 0 Å². The van der Waals surface area contributed by atoms with Crippen LogP contribution in [0.15, 0.2) is 89.8 Å². The molecule has 0 aromatic heterocycles. The Morgan fingerprint density at radius 1 is 0.897 bits per heavy atom. The second kappa shape index (κ2) is 9.36. The van der Waals surface area contributed by atoms with Gasteiger partial charge in [0.05, 0.1) is 10.9 Å². The van der Waals surface area contributed by atoms with Crippen molar-refractivity contribution >= 4 is 21.6 Å². The van der Waals surface area contributed by atoms with Gasteiger partial charge in [-0.25, -0.2) is 8.42 Å². The highest BCUT2D eigenvalue weighted by Gasteiger charge is 2.21. The molecule has 0 heterocycles. The fraction of sp³-hybridized carbons (Fsp3) is 0.136. The zero-order chi connectivity index (χ0) is 20.7. The monoisotopic (exact) mass is 410 g/mol. The normalized spacial score (nSPS) is 12.2. The lowest BCUT2D eigenvalue weighted by molar-refractivity contribution is -0.117. The van der Waals surface area contributed by atoms with Gasteiger partial charge in [-0.2, -0.15) is 4.72 Å². The van der Waals surface area contributed by atoms with Crippen LogP contribution in [0.3, 0.4) is 0 Å². The minimum atomic E-state index is -3.77. The summed E-state index contributed by atoms with van der Waals surface area (Å²) in [6.07, 6.45) is 0. The molecule has 150 valence electrons. The molecule has 2 N–H and O–H groups in total. The second-order valence-corrected chi connectivity index (χ2v) is 8.16. The molecule has 3 aromatic carbocycles. The summed E-state index contributed by atoms with van der Waals surface area (Å²) in [5, 5.41) is 2.70. The van der Waals surface area contributed by atoms with Gasteiger partial charge in [0, 0.05) is 5.69 Å². The topological polar surface area (TPSA) is 84.5 Å². The molecule has 0 aliphatic heterocycles. The number of ether oxygens (including phenoxy) is 1. The Kier molecular flexibility index (Phi) is 6.64. The van der Waals surface area contributed by atoms with E-state index in [-0.39, 0.29) is 4.90 Å². The molecule has 0 radical (unpaired) electrons. The first-order valence-electron chi connectivity index (χ1n) is 9.09. The average Bonchev–Trinajstić information content (AvgIpc) is 2.74. The third-order valence-electron chi connectivity index (χ3n) is 4.15. The van der Waals surface area contributed by atoms with Crippen LogP contribution in [0, 0.1) is 0 Å². The number of amides is 1. The number of carbonyl (C=O) groups excluding carboxylic acids is 1. The summed E-state index contributed by atoms with van der Waals surface area (Å²) in [4.78, 5) is 12.5. The van der Waals surface area contributed by atoms with Crippen LogP contribution < -0.4 is 14.8 Å². The third kappa shape index (κ3) is 5.91. The van der Waals surface area contributed by atoms with Crippen molar-refractivity contribution in [3.05, 3.63) is 90.5 Å². The van der Waals surface area contributed by atoms with Gasteiger partial charge in [0.2, 0.25) is 15.9 Å². The van der Waals surface area contributed by atoms with Crippen LogP contribution in [0.4, 0.5) is 5.69 Å². The fourth-order valence-electron chi connectivity index (χ4n) is 2.58. The fourth-order valence-corrected chi connectivity index (χ4v) is 3.80. The zero-order valence-electron chi connectivity index (χ0n) is 15.9. The van der Waals surface area contributed by atoms with Crippen molar-refractivity contribution < 1.29 is 17.9 Å². The number of hydrogen-bond donors (Lipinski definition) is 2. The minimum absolute atomic E-state index is 0.111. The third-order valence-corrected chi connectivity index (χ3v) is 5.71. The maximum atomic E-state index is 12.3. The number of nitrogens with one attached hydrogen (secondary N) is 2. The molecule has 0 saturated carbocycles. The van der Waals surface area contributed by atoms with E-state index in [0.29, 0.717) is 18.0 Å². The quantitative estimate of drug-likeness (QED) is 0.595. The predicted octanol–water partition coefficient (Wildman–Crippen LogP) is 3.57. The molecule has 3 rings (SSSR count). The van der Waals surface area contributed by atoms with Gasteiger partial charge in [-0.15, -0.1) is 0 Å². The molecule has 0 fully saturated rings. The molecule has 0 unspecified atom stereocenters. The first kappa shape index (κ1) is 20.6. The van der Waals surface area contributed by atoms with E-state index in [0.717, 1.165) is 5.56 Å². The summed E-state index contributed by atoms with van der Waals surface area (Å²) in [5.74, 6) is 0.215. The average molecular weight is 410 g/mol. The van der Waals surface area contributed by atoms with E-state index in [2.05, 4.69) is 10.0 Å². The van der Waals surface area contributed by atoms with Crippen LogP contribution in [-0.2, 0) is 21.4 Å². The van der Waals surface area contributed by atoms with Gasteiger partial charge in [0.1, 0.15) is 12.4 Å². The van der Waals surface area contributed by atoms with E-state index in [1.54, 1.807) is 42.5 Å². The van der Waals surface area contributed by atoms with Crippen molar-refractivity contribution in [1.82, 2.24) is 4.72 Å². The summed E-state index contributed by atoms with van der Waals surface area (Å²) in [6, 6.07) is 23.7. The Balaban J connectivity index is 1.54. The lowest BCUT2D eigenvalue weighted by Crippen LogP contribution is -2.41. The molecule has 6 nitrogen and oxygen atoms in total. The van der Waals surface area contributed by atoms with Crippen LogP contribution in [0.1, 0.15) is 12.5 Å². The van der Waals surface area contributed by atoms with Crippen molar-refractivity contribution in [2.75, 3.05) is 5.32 Å². The zero-order valence-corrected chi connectivity index (χ0v) is 16.7. The summed E-state index contributed by atoms with van der Waals surface area (Å²) >= 11 is 0. The number of carbonyl (C=O) groups is 1. The number of sulfonamides is 1. The summed E-state index contributed by atoms with van der Waals surface area (Å²) in [6.45, 7) is 1.94. The van der Waals surface area contributed by atoms with Crippen LogP contribution in [0.5, 0.6) is 5.75 Å². The molecule has 1 atom stereocenters. The molecule has 0 aliphatic rings. The van der Waals surface area contributed by atoms with Crippen molar-refractivity contribution in [2.45, 2.75) is 24.5 Å². The van der Waals surface area contributed by atoms with E-state index in [1.165, 1.54) is 19.1 Å². The smallest absolute Gasteiger partial charge is 0.242 e. The van der Waals surface area contributed by atoms with Crippen LogP contribution in [0.25, 0.3) is 0 Å². The molecule has 29 heavy (non-hydrogen) atoms. The first-order valence-corrected chi connectivity index (χ1v) is 10.6. The number of benzene rings is 3. The maximum Gasteiger partial charge on any atom is 0.242 e. The van der Waals surface area contributed by atoms with E-state index in [9.17, 15) is 13.2 Å². The summed E-state index contributed by atoms with van der Waals surface area (Å²) < 4.78 is 32.7. The molecule has 0 saturated heterocycles. The van der Waals surface area contributed by atoms with Gasteiger partial charge < -0.3 is 10.1 Å². The van der Waals surface area contributed by atoms with Gasteiger partial charge in [-0.05, 0) is 48.9 Å². The SMILES string of the molecule is C[C@H](NS(=O)(=O)c1ccccc1)C(=O)Nc1ccc(OCc2ccccc2)cc1. The standard InChI is InChI=1S/C22H22N2O4S/c1-17(24-29(26,27)21-10-6-3-7-11-21)22(25)23-19-12-14-20(15-13-19)28-16-18-8-4-2-5-9-18/h2-15,17,24H,16H2,1H3,(H,23,25)/t17-/m0/s1. The van der Waals surface area contributed by atoms with Crippen LogP contribution >= 0.6 is 0 Å². The Morgan fingerprint density at radius 3 is 2.10 bits per heavy atom. The van der Waals surface area contributed by atoms with E-state index < -0.39 is 22.0 Å². The van der Waals surface area contributed by atoms with Gasteiger partial charge in [-0.3, -0.25) is 4.79 Å². The van der Waals surface area contributed by atoms with Gasteiger partial charge in [0.25, 0.3) is 0 Å². The highest BCUT2D eigenvalue weighted by molar-refractivity contribution is 7.89. The van der Waals surface area contributed by atoms with Crippen molar-refractivity contribution in [1.29, 1.82) is 0 Å².